The number of nitrogens with one attached hydrogen (secondary N) is 1. The van der Waals surface area contributed by atoms with E-state index >= 15 is 0 Å². The number of terminal acetylenes is 1. The Morgan fingerprint density at radius 3 is 2.97 bits per heavy atom. The predicted octanol–water partition coefficient (Wildman–Crippen LogP) is 2.32. The number of fused-ring (bicyclic) bond motifs is 1. The van der Waals surface area contributed by atoms with E-state index in [-0.39, 0.29) is 11.4 Å². The Balaban J connectivity index is 1.68. The maximum atomic E-state index is 12.8. The van der Waals surface area contributed by atoms with Crippen molar-refractivity contribution in [3.63, 3.8) is 0 Å². The van der Waals surface area contributed by atoms with Gasteiger partial charge in [0, 0.05) is 31.4 Å². The van der Waals surface area contributed by atoms with E-state index in [1.807, 2.05) is 41.0 Å². The average molecular weight is 395 g/mol. The van der Waals surface area contributed by atoms with Crippen LogP contribution in [0, 0.1) is 17.8 Å². The number of urea groups is 1. The van der Waals surface area contributed by atoms with E-state index in [1.54, 1.807) is 6.20 Å². The molecule has 1 N–H and O–H groups in total. The molecule has 0 aromatic carbocycles. The summed E-state index contributed by atoms with van der Waals surface area (Å²) in [7, 11) is 1.99. The van der Waals surface area contributed by atoms with Gasteiger partial charge in [0.25, 0.3) is 0 Å². The van der Waals surface area contributed by atoms with Gasteiger partial charge >= 0.3 is 6.03 Å². The standard InChI is InChI=1S/C22H30N6O/c1-5-12-26(4)13-8-11-24-21(29)27-16-18-15-25-28(20-9-6-7-10-23-20)19(18)14-22(2,3)17-27/h1,6-7,9-10,15H,8,11-14,16-17H2,2-4H3,(H,24,29). The molecule has 3 rings (SSSR count). The third kappa shape index (κ3) is 5.36. The first kappa shape index (κ1) is 20.9. The molecule has 2 aromatic heterocycles. The SMILES string of the molecule is C#CCN(C)CCCNC(=O)N1Cc2cnn(-c3ccccn3)c2CC(C)(C)C1. The van der Waals surface area contributed by atoms with Crippen molar-refractivity contribution in [1.82, 2.24) is 29.9 Å². The first-order valence-corrected chi connectivity index (χ1v) is 10.0. The molecule has 0 aliphatic carbocycles. The molecule has 0 spiro atoms. The molecule has 0 saturated heterocycles. The first-order valence-electron chi connectivity index (χ1n) is 10.0. The quantitative estimate of drug-likeness (QED) is 0.603. The molecule has 29 heavy (non-hydrogen) atoms. The van der Waals surface area contributed by atoms with Gasteiger partial charge in [-0.05, 0) is 37.4 Å². The van der Waals surface area contributed by atoms with E-state index in [2.05, 4.69) is 40.1 Å². The number of hydrogen-bond acceptors (Lipinski definition) is 4. The molecule has 0 radical (unpaired) electrons. The minimum atomic E-state index is -0.0673. The normalized spacial score (nSPS) is 15.5. The van der Waals surface area contributed by atoms with E-state index < -0.39 is 0 Å². The Kier molecular flexibility index (Phi) is 6.55. The molecule has 7 heteroatoms. The largest absolute Gasteiger partial charge is 0.338 e. The minimum Gasteiger partial charge on any atom is -0.338 e. The van der Waals surface area contributed by atoms with Crippen molar-refractivity contribution >= 4 is 6.03 Å². The summed E-state index contributed by atoms with van der Waals surface area (Å²) in [5, 5.41) is 7.61. The van der Waals surface area contributed by atoms with Crippen molar-refractivity contribution in [2.75, 3.05) is 33.2 Å². The zero-order valence-corrected chi connectivity index (χ0v) is 17.6. The van der Waals surface area contributed by atoms with Crippen LogP contribution in [0.3, 0.4) is 0 Å². The summed E-state index contributed by atoms with van der Waals surface area (Å²) in [6, 6.07) is 5.77. The fraction of sp³-hybridized carbons (Fsp3) is 0.500. The summed E-state index contributed by atoms with van der Waals surface area (Å²) in [6.45, 7) is 7.72. The van der Waals surface area contributed by atoms with Gasteiger partial charge in [-0.3, -0.25) is 4.90 Å². The van der Waals surface area contributed by atoms with Crippen LogP contribution in [0.15, 0.2) is 30.6 Å². The van der Waals surface area contributed by atoms with Crippen LogP contribution in [0.2, 0.25) is 0 Å². The van der Waals surface area contributed by atoms with Crippen LogP contribution < -0.4 is 5.32 Å². The Hall–Kier alpha value is -2.85. The number of amides is 2. The second kappa shape index (κ2) is 9.10. The van der Waals surface area contributed by atoms with Gasteiger partial charge in [-0.15, -0.1) is 6.42 Å². The van der Waals surface area contributed by atoms with E-state index in [1.165, 1.54) is 0 Å². The van der Waals surface area contributed by atoms with Gasteiger partial charge in [0.05, 0.1) is 25.0 Å². The Morgan fingerprint density at radius 1 is 1.41 bits per heavy atom. The molecular formula is C22H30N6O. The van der Waals surface area contributed by atoms with Crippen LogP contribution in [0.4, 0.5) is 4.79 Å². The first-order chi connectivity index (χ1) is 13.9. The highest BCUT2D eigenvalue weighted by atomic mass is 16.2. The van der Waals surface area contributed by atoms with Gasteiger partial charge in [-0.25, -0.2) is 14.5 Å². The van der Waals surface area contributed by atoms with Crippen LogP contribution in [0.1, 0.15) is 31.5 Å². The lowest BCUT2D eigenvalue weighted by molar-refractivity contribution is 0.167. The zero-order chi connectivity index (χ0) is 20.9. The zero-order valence-electron chi connectivity index (χ0n) is 17.6. The van der Waals surface area contributed by atoms with E-state index in [0.29, 0.717) is 26.2 Å². The summed E-state index contributed by atoms with van der Waals surface area (Å²) < 4.78 is 1.90. The van der Waals surface area contributed by atoms with Gasteiger partial charge in [0.15, 0.2) is 5.82 Å². The van der Waals surface area contributed by atoms with Crippen LogP contribution >= 0.6 is 0 Å². The van der Waals surface area contributed by atoms with E-state index in [9.17, 15) is 4.79 Å². The summed E-state index contributed by atoms with van der Waals surface area (Å²) in [5.74, 6) is 3.43. The Bertz CT molecular complexity index is 867. The second-order valence-corrected chi connectivity index (χ2v) is 8.44. The lowest BCUT2D eigenvalue weighted by Crippen LogP contribution is -2.44. The van der Waals surface area contributed by atoms with Crippen molar-refractivity contribution in [2.45, 2.75) is 33.2 Å². The van der Waals surface area contributed by atoms with Gasteiger partial charge in [0.2, 0.25) is 0 Å². The third-order valence-corrected chi connectivity index (χ3v) is 5.09. The molecule has 3 heterocycles. The van der Waals surface area contributed by atoms with Gasteiger partial charge in [0.1, 0.15) is 0 Å². The second-order valence-electron chi connectivity index (χ2n) is 8.44. The topological polar surface area (TPSA) is 66.3 Å². The van der Waals surface area contributed by atoms with Crippen molar-refractivity contribution < 1.29 is 4.79 Å². The summed E-state index contributed by atoms with van der Waals surface area (Å²) >= 11 is 0. The minimum absolute atomic E-state index is 0.0314. The van der Waals surface area contributed by atoms with E-state index in [0.717, 1.165) is 36.5 Å². The van der Waals surface area contributed by atoms with Crippen molar-refractivity contribution in [1.29, 1.82) is 0 Å². The predicted molar refractivity (Wildman–Crippen MR) is 114 cm³/mol. The van der Waals surface area contributed by atoms with Crippen molar-refractivity contribution in [3.05, 3.63) is 41.9 Å². The lowest BCUT2D eigenvalue weighted by Gasteiger charge is -2.30. The highest BCUT2D eigenvalue weighted by Crippen LogP contribution is 2.31. The lowest BCUT2D eigenvalue weighted by atomic mass is 9.87. The van der Waals surface area contributed by atoms with Gasteiger partial charge in [-0.1, -0.05) is 25.8 Å². The maximum Gasteiger partial charge on any atom is 0.317 e. The molecule has 1 aliphatic heterocycles. The highest BCUT2D eigenvalue weighted by Gasteiger charge is 2.32. The fourth-order valence-electron chi connectivity index (χ4n) is 3.73. The fourth-order valence-corrected chi connectivity index (χ4v) is 3.73. The smallest absolute Gasteiger partial charge is 0.317 e. The molecule has 0 unspecified atom stereocenters. The molecule has 0 saturated carbocycles. The molecule has 0 atom stereocenters. The molecule has 2 aromatic rings. The number of nitrogens with zero attached hydrogens (tertiary/aromatic N) is 5. The summed E-state index contributed by atoms with van der Waals surface area (Å²) in [6.07, 6.45) is 10.6. The maximum absolute atomic E-state index is 12.8. The molecule has 0 bridgehead atoms. The number of carbonyl (C=O) groups excluding carboxylic acids is 1. The van der Waals surface area contributed by atoms with Crippen LogP contribution in [-0.2, 0) is 13.0 Å². The molecule has 154 valence electrons. The molecule has 0 fully saturated rings. The Labute approximate surface area is 173 Å². The summed E-state index contributed by atoms with van der Waals surface area (Å²) in [5.41, 5.74) is 2.13. The number of rotatable bonds is 6. The van der Waals surface area contributed by atoms with Crippen molar-refractivity contribution in [2.24, 2.45) is 5.41 Å². The molecular weight excluding hydrogens is 364 g/mol. The summed E-state index contributed by atoms with van der Waals surface area (Å²) in [4.78, 5) is 21.2. The number of carbonyl (C=O) groups is 1. The molecule has 7 nitrogen and oxygen atoms in total. The van der Waals surface area contributed by atoms with Crippen molar-refractivity contribution in [3.8, 4) is 18.2 Å². The molecule has 1 aliphatic rings. The monoisotopic (exact) mass is 394 g/mol. The Morgan fingerprint density at radius 2 is 2.24 bits per heavy atom. The van der Waals surface area contributed by atoms with E-state index in [4.69, 9.17) is 6.42 Å². The van der Waals surface area contributed by atoms with Crippen LogP contribution in [0.25, 0.3) is 5.82 Å². The highest BCUT2D eigenvalue weighted by molar-refractivity contribution is 5.74. The number of aromatic nitrogens is 3. The third-order valence-electron chi connectivity index (χ3n) is 5.09. The van der Waals surface area contributed by atoms with Crippen LogP contribution in [-0.4, -0.2) is 63.8 Å². The van der Waals surface area contributed by atoms with Gasteiger partial charge in [-0.2, -0.15) is 5.10 Å². The average Bonchev–Trinajstić information content (AvgIpc) is 3.00. The van der Waals surface area contributed by atoms with Gasteiger partial charge < -0.3 is 10.2 Å². The number of hydrogen-bond donors (Lipinski definition) is 1. The number of pyridine rings is 1. The molecule has 2 amide bonds. The van der Waals surface area contributed by atoms with Crippen LogP contribution in [0.5, 0.6) is 0 Å².